The molecule has 0 fully saturated rings. The number of hydrogen-bond donors (Lipinski definition) is 2. The first-order valence-corrected chi connectivity index (χ1v) is 7.04. The van der Waals surface area contributed by atoms with E-state index >= 15 is 0 Å². The standard InChI is InChI=1S/C16H14F3N3S/c1-10(21)7-8-11(2)23-15(22)13(9-20)12-5-3-4-6-14(12)16(17,18)19/h3-8H,1-2,21-22H2/b8-7-,15-13+. The van der Waals surface area contributed by atoms with Gasteiger partial charge in [-0.1, -0.05) is 43.1 Å². The third kappa shape index (κ3) is 5.27. The van der Waals surface area contributed by atoms with Crippen LogP contribution in [0.2, 0.25) is 0 Å². The molecule has 0 aliphatic heterocycles. The number of rotatable bonds is 5. The van der Waals surface area contributed by atoms with Gasteiger partial charge < -0.3 is 11.5 Å². The summed E-state index contributed by atoms with van der Waals surface area (Å²) in [5.41, 5.74) is 9.99. The van der Waals surface area contributed by atoms with E-state index in [2.05, 4.69) is 13.2 Å². The van der Waals surface area contributed by atoms with Gasteiger partial charge in [0.25, 0.3) is 0 Å². The lowest BCUT2D eigenvalue weighted by atomic mass is 10.0. The largest absolute Gasteiger partial charge is 0.417 e. The van der Waals surface area contributed by atoms with Gasteiger partial charge >= 0.3 is 6.18 Å². The summed E-state index contributed by atoms with van der Waals surface area (Å²) < 4.78 is 39.1. The highest BCUT2D eigenvalue weighted by molar-refractivity contribution is 8.07. The van der Waals surface area contributed by atoms with E-state index in [9.17, 15) is 18.4 Å². The summed E-state index contributed by atoms with van der Waals surface area (Å²) in [6.07, 6.45) is -1.61. The van der Waals surface area contributed by atoms with Crippen LogP contribution in [0.3, 0.4) is 0 Å². The van der Waals surface area contributed by atoms with Crippen LogP contribution in [0.4, 0.5) is 13.2 Å². The zero-order chi connectivity index (χ0) is 17.6. The summed E-state index contributed by atoms with van der Waals surface area (Å²) in [7, 11) is 0. The molecule has 0 aromatic heterocycles. The highest BCUT2D eigenvalue weighted by Crippen LogP contribution is 2.37. The third-order valence-electron chi connectivity index (χ3n) is 2.58. The number of nitrogens with two attached hydrogens (primary N) is 2. The van der Waals surface area contributed by atoms with Gasteiger partial charge in [-0.2, -0.15) is 18.4 Å². The molecule has 0 unspecified atom stereocenters. The Morgan fingerprint density at radius 3 is 2.30 bits per heavy atom. The Morgan fingerprint density at radius 2 is 1.78 bits per heavy atom. The van der Waals surface area contributed by atoms with E-state index in [-0.39, 0.29) is 21.9 Å². The quantitative estimate of drug-likeness (QED) is 0.626. The van der Waals surface area contributed by atoms with E-state index in [0.29, 0.717) is 4.91 Å². The van der Waals surface area contributed by atoms with Crippen LogP contribution in [0.15, 0.2) is 65.2 Å². The highest BCUT2D eigenvalue weighted by Gasteiger charge is 2.34. The first kappa shape index (κ1) is 18.5. The maximum absolute atomic E-state index is 13.0. The summed E-state index contributed by atoms with van der Waals surface area (Å²) in [6.45, 7) is 7.15. The lowest BCUT2D eigenvalue weighted by Gasteiger charge is -2.13. The summed E-state index contributed by atoms with van der Waals surface area (Å²) in [5, 5.41) is 9.14. The number of benzene rings is 1. The SMILES string of the molecule is C=C(N)/C=C\C(=C)S/C(N)=C(\C#N)c1ccccc1C(F)(F)F. The van der Waals surface area contributed by atoms with Gasteiger partial charge in [0.1, 0.15) is 6.07 Å². The van der Waals surface area contributed by atoms with Crippen molar-refractivity contribution < 1.29 is 13.2 Å². The van der Waals surface area contributed by atoms with Crippen LogP contribution in [0.5, 0.6) is 0 Å². The van der Waals surface area contributed by atoms with Crippen LogP contribution in [0, 0.1) is 11.3 Å². The minimum absolute atomic E-state index is 0.0820. The van der Waals surface area contributed by atoms with Crippen molar-refractivity contribution in [2.24, 2.45) is 11.5 Å². The van der Waals surface area contributed by atoms with Crippen LogP contribution < -0.4 is 11.5 Å². The van der Waals surface area contributed by atoms with E-state index in [1.807, 2.05) is 0 Å². The van der Waals surface area contributed by atoms with E-state index < -0.39 is 11.7 Å². The third-order valence-corrected chi connectivity index (χ3v) is 3.41. The van der Waals surface area contributed by atoms with Crippen molar-refractivity contribution in [3.8, 4) is 6.07 Å². The van der Waals surface area contributed by atoms with Gasteiger partial charge in [-0.3, -0.25) is 0 Å². The van der Waals surface area contributed by atoms with Crippen LogP contribution in [-0.2, 0) is 6.18 Å². The lowest BCUT2D eigenvalue weighted by Crippen LogP contribution is -2.10. The molecule has 0 aliphatic carbocycles. The number of halogens is 3. The van der Waals surface area contributed by atoms with E-state index in [4.69, 9.17) is 11.5 Å². The molecule has 0 saturated heterocycles. The fourth-order valence-corrected chi connectivity index (χ4v) is 2.30. The fourth-order valence-electron chi connectivity index (χ4n) is 1.62. The molecule has 1 aromatic carbocycles. The van der Waals surface area contributed by atoms with Gasteiger partial charge in [0.05, 0.1) is 16.2 Å². The molecule has 0 bridgehead atoms. The molecule has 0 atom stereocenters. The summed E-state index contributed by atoms with van der Waals surface area (Å²) in [6, 6.07) is 6.49. The minimum Gasteiger partial charge on any atom is -0.399 e. The molecule has 0 aliphatic rings. The zero-order valence-corrected chi connectivity index (χ0v) is 12.8. The summed E-state index contributed by atoms with van der Waals surface area (Å²) >= 11 is 0.878. The average molecular weight is 337 g/mol. The second kappa shape index (κ2) is 7.61. The molecule has 7 heteroatoms. The Kier molecular flexibility index (Phi) is 6.10. The van der Waals surface area contributed by atoms with Gasteiger partial charge in [-0.15, -0.1) is 0 Å². The number of nitriles is 1. The molecule has 0 heterocycles. The summed E-state index contributed by atoms with van der Waals surface area (Å²) in [4.78, 5) is 0.409. The van der Waals surface area contributed by atoms with Gasteiger partial charge in [0.15, 0.2) is 0 Å². The lowest BCUT2D eigenvalue weighted by molar-refractivity contribution is -0.137. The topological polar surface area (TPSA) is 75.8 Å². The molecule has 23 heavy (non-hydrogen) atoms. The molecule has 120 valence electrons. The van der Waals surface area contributed by atoms with Crippen molar-refractivity contribution in [2.75, 3.05) is 0 Å². The number of hydrogen-bond acceptors (Lipinski definition) is 4. The van der Waals surface area contributed by atoms with Gasteiger partial charge in [-0.25, -0.2) is 0 Å². The molecule has 1 rings (SSSR count). The van der Waals surface area contributed by atoms with Crippen LogP contribution >= 0.6 is 11.8 Å². The monoisotopic (exact) mass is 337 g/mol. The predicted octanol–water partition coefficient (Wildman–Crippen LogP) is 4.13. The van der Waals surface area contributed by atoms with Gasteiger partial charge in [0, 0.05) is 16.2 Å². The van der Waals surface area contributed by atoms with E-state index in [0.717, 1.165) is 17.8 Å². The number of allylic oxidation sites excluding steroid dienone is 3. The maximum atomic E-state index is 13.0. The van der Waals surface area contributed by atoms with Crippen molar-refractivity contribution >= 4 is 17.3 Å². The number of thioether (sulfide) groups is 1. The van der Waals surface area contributed by atoms with Crippen molar-refractivity contribution in [3.63, 3.8) is 0 Å². The zero-order valence-electron chi connectivity index (χ0n) is 12.0. The normalized spacial score (nSPS) is 12.6. The first-order chi connectivity index (χ1) is 10.7. The molecule has 4 N–H and O–H groups in total. The van der Waals surface area contributed by atoms with Crippen molar-refractivity contribution in [1.82, 2.24) is 0 Å². The Labute approximate surface area is 136 Å². The van der Waals surface area contributed by atoms with Crippen LogP contribution in [0.25, 0.3) is 5.57 Å². The number of nitrogens with zero attached hydrogens (tertiary/aromatic N) is 1. The van der Waals surface area contributed by atoms with Crippen LogP contribution in [-0.4, -0.2) is 0 Å². The predicted molar refractivity (Wildman–Crippen MR) is 87.4 cm³/mol. The van der Waals surface area contributed by atoms with Crippen molar-refractivity contribution in [1.29, 1.82) is 5.26 Å². The Hall–Kier alpha value is -2.59. The van der Waals surface area contributed by atoms with Crippen LogP contribution in [0.1, 0.15) is 11.1 Å². The summed E-state index contributed by atoms with van der Waals surface area (Å²) in [5.74, 6) is 0. The second-order valence-electron chi connectivity index (χ2n) is 4.37. The Bertz CT molecular complexity index is 725. The first-order valence-electron chi connectivity index (χ1n) is 6.22. The van der Waals surface area contributed by atoms with E-state index in [1.54, 1.807) is 6.07 Å². The Morgan fingerprint density at radius 1 is 1.17 bits per heavy atom. The smallest absolute Gasteiger partial charge is 0.399 e. The van der Waals surface area contributed by atoms with Gasteiger partial charge in [0.2, 0.25) is 0 Å². The highest BCUT2D eigenvalue weighted by atomic mass is 32.2. The maximum Gasteiger partial charge on any atom is 0.417 e. The fraction of sp³-hybridized carbons (Fsp3) is 0.0625. The molecule has 3 nitrogen and oxygen atoms in total. The molecule has 0 amide bonds. The number of alkyl halides is 3. The average Bonchev–Trinajstić information content (AvgIpc) is 2.45. The van der Waals surface area contributed by atoms with Gasteiger partial charge in [-0.05, 0) is 18.2 Å². The van der Waals surface area contributed by atoms with E-state index in [1.165, 1.54) is 30.4 Å². The molecule has 1 aromatic rings. The molecule has 0 radical (unpaired) electrons. The molecule has 0 saturated carbocycles. The molecular formula is C16H14F3N3S. The second-order valence-corrected chi connectivity index (χ2v) is 5.54. The van der Waals surface area contributed by atoms with Crippen molar-refractivity contribution in [3.05, 3.63) is 76.3 Å². The van der Waals surface area contributed by atoms with Crippen molar-refractivity contribution in [2.45, 2.75) is 6.18 Å². The Balaban J connectivity index is 3.26. The molecular weight excluding hydrogens is 323 g/mol. The molecule has 0 spiro atoms. The minimum atomic E-state index is -4.59.